The van der Waals surface area contributed by atoms with Crippen LogP contribution in [0.15, 0.2) is 22.7 Å². The summed E-state index contributed by atoms with van der Waals surface area (Å²) in [5, 5.41) is 3.26. The van der Waals surface area contributed by atoms with E-state index in [2.05, 4.69) is 21.2 Å². The molecule has 0 amide bonds. The lowest BCUT2D eigenvalue weighted by Gasteiger charge is -2.23. The minimum atomic E-state index is -0.544. The summed E-state index contributed by atoms with van der Waals surface area (Å²) in [5.41, 5.74) is 1.62. The van der Waals surface area contributed by atoms with Crippen LogP contribution in [0.1, 0.15) is 19.4 Å². The molecule has 0 aliphatic rings. The predicted molar refractivity (Wildman–Crippen MR) is 73.2 cm³/mol. The van der Waals surface area contributed by atoms with Gasteiger partial charge in [-0.05, 0) is 54.4 Å². The van der Waals surface area contributed by atoms with Gasteiger partial charge in [0.25, 0.3) is 0 Å². The van der Waals surface area contributed by atoms with Gasteiger partial charge in [0, 0.05) is 16.7 Å². The van der Waals surface area contributed by atoms with Gasteiger partial charge in [-0.3, -0.25) is 4.79 Å². The number of aryl methyl sites for hydroxylation is 1. The lowest BCUT2D eigenvalue weighted by atomic mass is 9.93. The first-order chi connectivity index (χ1) is 7.86. The van der Waals surface area contributed by atoms with Crippen LogP contribution in [0.2, 0.25) is 0 Å². The molecule has 94 valence electrons. The first-order valence-corrected chi connectivity index (χ1v) is 6.24. The standard InChI is InChI=1S/C13H18BrNO2/c1-9-5-6-10(14)11(7-9)15-8-13(2,3)12(16)17-4/h5-7,15H,8H2,1-4H3. The van der Waals surface area contributed by atoms with Gasteiger partial charge in [0.05, 0.1) is 12.5 Å². The highest BCUT2D eigenvalue weighted by Gasteiger charge is 2.28. The zero-order chi connectivity index (χ0) is 13.1. The highest BCUT2D eigenvalue weighted by atomic mass is 79.9. The molecule has 1 rings (SSSR count). The molecule has 0 radical (unpaired) electrons. The van der Waals surface area contributed by atoms with Crippen molar-refractivity contribution in [1.29, 1.82) is 0 Å². The van der Waals surface area contributed by atoms with Crippen molar-refractivity contribution in [3.05, 3.63) is 28.2 Å². The summed E-state index contributed by atoms with van der Waals surface area (Å²) in [6.45, 7) is 6.27. The van der Waals surface area contributed by atoms with Gasteiger partial charge in [0.2, 0.25) is 0 Å². The van der Waals surface area contributed by atoms with Gasteiger partial charge in [-0.1, -0.05) is 6.07 Å². The summed E-state index contributed by atoms with van der Waals surface area (Å²) in [6.07, 6.45) is 0. The second-order valence-corrected chi connectivity index (χ2v) is 5.57. The molecule has 1 aromatic carbocycles. The number of nitrogens with one attached hydrogen (secondary N) is 1. The number of halogens is 1. The fraction of sp³-hybridized carbons (Fsp3) is 0.462. The Morgan fingerprint density at radius 1 is 1.47 bits per heavy atom. The molecule has 0 saturated heterocycles. The quantitative estimate of drug-likeness (QED) is 0.866. The number of hydrogen-bond donors (Lipinski definition) is 1. The number of ether oxygens (including phenoxy) is 1. The third-order valence-electron chi connectivity index (χ3n) is 2.58. The first-order valence-electron chi connectivity index (χ1n) is 5.45. The lowest BCUT2D eigenvalue weighted by Crippen LogP contribution is -2.33. The SMILES string of the molecule is COC(=O)C(C)(C)CNc1cc(C)ccc1Br. The van der Waals surface area contributed by atoms with E-state index in [4.69, 9.17) is 4.74 Å². The number of rotatable bonds is 4. The Bertz CT molecular complexity index is 416. The van der Waals surface area contributed by atoms with E-state index >= 15 is 0 Å². The molecule has 1 aromatic rings. The summed E-state index contributed by atoms with van der Waals surface area (Å²) in [5.74, 6) is -0.214. The van der Waals surface area contributed by atoms with Crippen molar-refractivity contribution in [3.8, 4) is 0 Å². The molecule has 0 spiro atoms. The average Bonchev–Trinajstić information content (AvgIpc) is 2.29. The summed E-state index contributed by atoms with van der Waals surface area (Å²) in [7, 11) is 1.41. The Labute approximate surface area is 111 Å². The normalized spacial score (nSPS) is 11.1. The molecule has 0 atom stereocenters. The monoisotopic (exact) mass is 299 g/mol. The highest BCUT2D eigenvalue weighted by molar-refractivity contribution is 9.10. The fourth-order valence-electron chi connectivity index (χ4n) is 1.44. The van der Waals surface area contributed by atoms with Crippen LogP contribution in [-0.2, 0) is 9.53 Å². The van der Waals surface area contributed by atoms with Crippen molar-refractivity contribution in [2.24, 2.45) is 5.41 Å². The summed E-state index contributed by atoms with van der Waals surface area (Å²) in [4.78, 5) is 11.5. The number of carbonyl (C=O) groups excluding carboxylic acids is 1. The number of anilines is 1. The number of esters is 1. The van der Waals surface area contributed by atoms with Crippen LogP contribution in [0.25, 0.3) is 0 Å². The van der Waals surface area contributed by atoms with E-state index in [-0.39, 0.29) is 5.97 Å². The van der Waals surface area contributed by atoms with Gasteiger partial charge in [0.1, 0.15) is 0 Å². The Balaban J connectivity index is 2.73. The number of carbonyl (C=O) groups is 1. The van der Waals surface area contributed by atoms with Crippen LogP contribution in [0.4, 0.5) is 5.69 Å². The molecule has 0 aliphatic heterocycles. The maximum atomic E-state index is 11.5. The largest absolute Gasteiger partial charge is 0.469 e. The number of methoxy groups -OCH3 is 1. The van der Waals surface area contributed by atoms with Crippen molar-refractivity contribution in [1.82, 2.24) is 0 Å². The summed E-state index contributed by atoms with van der Waals surface area (Å²) >= 11 is 3.47. The van der Waals surface area contributed by atoms with Gasteiger partial charge in [0.15, 0.2) is 0 Å². The molecule has 0 fully saturated rings. The number of benzene rings is 1. The van der Waals surface area contributed by atoms with Crippen molar-refractivity contribution in [2.45, 2.75) is 20.8 Å². The Kier molecular flexibility index (Phi) is 4.57. The van der Waals surface area contributed by atoms with Gasteiger partial charge >= 0.3 is 5.97 Å². The van der Waals surface area contributed by atoms with Crippen LogP contribution in [0.3, 0.4) is 0 Å². The molecule has 0 aliphatic carbocycles. The third kappa shape index (κ3) is 3.73. The fourth-order valence-corrected chi connectivity index (χ4v) is 1.83. The molecule has 0 unspecified atom stereocenters. The molecule has 17 heavy (non-hydrogen) atoms. The van der Waals surface area contributed by atoms with Crippen LogP contribution in [-0.4, -0.2) is 19.6 Å². The molecule has 0 bridgehead atoms. The minimum Gasteiger partial charge on any atom is -0.469 e. The summed E-state index contributed by atoms with van der Waals surface area (Å²) in [6, 6.07) is 6.06. The Hall–Kier alpha value is -1.03. The van der Waals surface area contributed by atoms with E-state index in [1.165, 1.54) is 12.7 Å². The molecular weight excluding hydrogens is 282 g/mol. The Morgan fingerprint density at radius 2 is 2.12 bits per heavy atom. The summed E-state index contributed by atoms with van der Waals surface area (Å²) < 4.78 is 5.76. The lowest BCUT2D eigenvalue weighted by molar-refractivity contribution is -0.149. The maximum absolute atomic E-state index is 11.5. The van der Waals surface area contributed by atoms with Crippen molar-refractivity contribution in [2.75, 3.05) is 19.0 Å². The van der Waals surface area contributed by atoms with Crippen LogP contribution in [0.5, 0.6) is 0 Å². The van der Waals surface area contributed by atoms with Crippen molar-refractivity contribution >= 4 is 27.6 Å². The second-order valence-electron chi connectivity index (χ2n) is 4.71. The molecule has 1 N–H and O–H groups in total. The molecule has 0 heterocycles. The molecular formula is C13H18BrNO2. The third-order valence-corrected chi connectivity index (χ3v) is 3.27. The van der Waals surface area contributed by atoms with Crippen LogP contribution < -0.4 is 5.32 Å². The molecule has 0 saturated carbocycles. The van der Waals surface area contributed by atoms with Gasteiger partial charge < -0.3 is 10.1 Å². The van der Waals surface area contributed by atoms with E-state index in [1.807, 2.05) is 39.0 Å². The molecule has 4 heteroatoms. The minimum absolute atomic E-state index is 0.214. The predicted octanol–water partition coefficient (Wildman–Crippen LogP) is 3.37. The highest BCUT2D eigenvalue weighted by Crippen LogP contribution is 2.25. The zero-order valence-electron chi connectivity index (χ0n) is 10.6. The smallest absolute Gasteiger partial charge is 0.313 e. The average molecular weight is 300 g/mol. The molecule has 0 aromatic heterocycles. The van der Waals surface area contributed by atoms with E-state index in [0.717, 1.165) is 10.2 Å². The van der Waals surface area contributed by atoms with Crippen LogP contribution >= 0.6 is 15.9 Å². The van der Waals surface area contributed by atoms with Gasteiger partial charge in [-0.15, -0.1) is 0 Å². The van der Waals surface area contributed by atoms with Gasteiger partial charge in [-0.25, -0.2) is 0 Å². The Morgan fingerprint density at radius 3 is 2.71 bits per heavy atom. The van der Waals surface area contributed by atoms with E-state index in [1.54, 1.807) is 0 Å². The second kappa shape index (κ2) is 5.54. The first kappa shape index (κ1) is 14.0. The van der Waals surface area contributed by atoms with E-state index in [9.17, 15) is 4.79 Å². The van der Waals surface area contributed by atoms with E-state index < -0.39 is 5.41 Å². The molecule has 3 nitrogen and oxygen atoms in total. The van der Waals surface area contributed by atoms with Crippen molar-refractivity contribution < 1.29 is 9.53 Å². The topological polar surface area (TPSA) is 38.3 Å². The van der Waals surface area contributed by atoms with E-state index in [0.29, 0.717) is 6.54 Å². The number of hydrogen-bond acceptors (Lipinski definition) is 3. The maximum Gasteiger partial charge on any atom is 0.313 e. The zero-order valence-corrected chi connectivity index (χ0v) is 12.2. The van der Waals surface area contributed by atoms with Crippen LogP contribution in [0, 0.1) is 12.3 Å². The van der Waals surface area contributed by atoms with Crippen molar-refractivity contribution in [3.63, 3.8) is 0 Å². The van der Waals surface area contributed by atoms with Gasteiger partial charge in [-0.2, -0.15) is 0 Å².